The number of nitrogens with zero attached hydrogens (tertiary/aromatic N) is 1. The molecule has 2 aromatic carbocycles. The molecular weight excluding hydrogens is 258 g/mol. The molecule has 0 saturated carbocycles. The van der Waals surface area contributed by atoms with Crippen LogP contribution in [-0.4, -0.2) is 16.0 Å². The van der Waals surface area contributed by atoms with E-state index in [9.17, 15) is 14.9 Å². The Kier molecular flexibility index (Phi) is 3.91. The second kappa shape index (κ2) is 5.79. The highest BCUT2D eigenvalue weighted by Crippen LogP contribution is 2.26. The molecule has 0 aliphatic rings. The number of carbonyl (C=O) groups is 1. The molecule has 0 aliphatic heterocycles. The Morgan fingerprint density at radius 3 is 2.30 bits per heavy atom. The number of rotatable bonds is 4. The minimum Gasteiger partial charge on any atom is -0.478 e. The third-order valence-electron chi connectivity index (χ3n) is 2.72. The average molecular weight is 269 g/mol. The molecule has 0 bridgehead atoms. The number of hydrogen-bond acceptors (Lipinski definition) is 3. The van der Waals surface area contributed by atoms with E-state index in [2.05, 4.69) is 0 Å². The highest BCUT2D eigenvalue weighted by molar-refractivity contribution is 5.95. The van der Waals surface area contributed by atoms with Gasteiger partial charge in [0.2, 0.25) is 0 Å². The van der Waals surface area contributed by atoms with Crippen LogP contribution in [0, 0.1) is 10.1 Å². The number of benzene rings is 2. The summed E-state index contributed by atoms with van der Waals surface area (Å²) in [6.45, 7) is 0. The van der Waals surface area contributed by atoms with Gasteiger partial charge >= 0.3 is 5.97 Å². The highest BCUT2D eigenvalue weighted by atomic mass is 16.6. The zero-order valence-electron chi connectivity index (χ0n) is 10.4. The molecule has 5 heteroatoms. The first kappa shape index (κ1) is 13.5. The van der Waals surface area contributed by atoms with E-state index in [1.165, 1.54) is 18.2 Å². The van der Waals surface area contributed by atoms with Gasteiger partial charge in [-0.2, -0.15) is 0 Å². The fourth-order valence-electron chi connectivity index (χ4n) is 1.86. The van der Waals surface area contributed by atoms with Gasteiger partial charge in [0.1, 0.15) is 0 Å². The number of hydrogen-bond donors (Lipinski definition) is 1. The molecule has 20 heavy (non-hydrogen) atoms. The van der Waals surface area contributed by atoms with Crippen LogP contribution >= 0.6 is 0 Å². The van der Waals surface area contributed by atoms with E-state index in [0.717, 1.165) is 6.08 Å². The molecule has 0 spiro atoms. The summed E-state index contributed by atoms with van der Waals surface area (Å²) in [7, 11) is 0. The number of carboxylic acid groups (broad SMARTS) is 1. The molecule has 5 nitrogen and oxygen atoms in total. The van der Waals surface area contributed by atoms with Gasteiger partial charge < -0.3 is 5.11 Å². The summed E-state index contributed by atoms with van der Waals surface area (Å²) in [6, 6.07) is 14.8. The Bertz CT molecular complexity index is 677. The molecule has 0 amide bonds. The van der Waals surface area contributed by atoms with Crippen LogP contribution in [0.25, 0.3) is 5.57 Å². The SMILES string of the molecule is O=C(O)/C=C(/c1ccccc1)c1cccc([N+](=O)[O-])c1. The topological polar surface area (TPSA) is 80.4 Å². The number of nitro groups is 1. The van der Waals surface area contributed by atoms with Crippen LogP contribution < -0.4 is 0 Å². The maximum Gasteiger partial charge on any atom is 0.328 e. The lowest BCUT2D eigenvalue weighted by Crippen LogP contribution is -1.96. The van der Waals surface area contributed by atoms with Gasteiger partial charge in [0, 0.05) is 18.2 Å². The third-order valence-corrected chi connectivity index (χ3v) is 2.72. The van der Waals surface area contributed by atoms with Crippen molar-refractivity contribution < 1.29 is 14.8 Å². The van der Waals surface area contributed by atoms with Gasteiger partial charge in [0.25, 0.3) is 5.69 Å². The minimum atomic E-state index is -1.10. The summed E-state index contributed by atoms with van der Waals surface area (Å²) in [5.41, 5.74) is 1.54. The lowest BCUT2D eigenvalue weighted by molar-refractivity contribution is -0.384. The van der Waals surface area contributed by atoms with Gasteiger partial charge in [-0.15, -0.1) is 0 Å². The molecule has 100 valence electrons. The fourth-order valence-corrected chi connectivity index (χ4v) is 1.86. The molecule has 0 aromatic heterocycles. The van der Waals surface area contributed by atoms with Crippen molar-refractivity contribution in [3.8, 4) is 0 Å². The van der Waals surface area contributed by atoms with Crippen molar-refractivity contribution in [2.24, 2.45) is 0 Å². The van der Waals surface area contributed by atoms with E-state index in [1.807, 2.05) is 6.07 Å². The average Bonchev–Trinajstić information content (AvgIpc) is 2.45. The molecule has 0 saturated heterocycles. The molecule has 0 atom stereocenters. The predicted octanol–water partition coefficient (Wildman–Crippen LogP) is 3.11. The van der Waals surface area contributed by atoms with Crippen molar-refractivity contribution in [2.75, 3.05) is 0 Å². The van der Waals surface area contributed by atoms with Crippen LogP contribution in [0.3, 0.4) is 0 Å². The molecule has 2 rings (SSSR count). The molecule has 0 heterocycles. The molecule has 0 radical (unpaired) electrons. The van der Waals surface area contributed by atoms with Crippen molar-refractivity contribution in [2.45, 2.75) is 0 Å². The van der Waals surface area contributed by atoms with Gasteiger partial charge in [-0.3, -0.25) is 10.1 Å². The van der Waals surface area contributed by atoms with E-state index < -0.39 is 10.9 Å². The Morgan fingerprint density at radius 1 is 1.05 bits per heavy atom. The van der Waals surface area contributed by atoms with Crippen LogP contribution in [0.5, 0.6) is 0 Å². The number of non-ortho nitro benzene ring substituents is 1. The largest absolute Gasteiger partial charge is 0.478 e. The van der Waals surface area contributed by atoms with Gasteiger partial charge in [-0.05, 0) is 16.7 Å². The maximum atomic E-state index is 11.0. The lowest BCUT2D eigenvalue weighted by atomic mass is 9.97. The van der Waals surface area contributed by atoms with Crippen molar-refractivity contribution in [3.63, 3.8) is 0 Å². The van der Waals surface area contributed by atoms with E-state index in [0.29, 0.717) is 16.7 Å². The van der Waals surface area contributed by atoms with Crippen molar-refractivity contribution in [1.82, 2.24) is 0 Å². The van der Waals surface area contributed by atoms with Crippen LogP contribution in [0.1, 0.15) is 11.1 Å². The Balaban J connectivity index is 2.56. The normalized spacial score (nSPS) is 11.1. The summed E-state index contributed by atoms with van der Waals surface area (Å²) >= 11 is 0. The zero-order chi connectivity index (χ0) is 14.5. The Labute approximate surface area is 115 Å². The smallest absolute Gasteiger partial charge is 0.328 e. The quantitative estimate of drug-likeness (QED) is 0.525. The molecule has 1 N–H and O–H groups in total. The van der Waals surface area contributed by atoms with Gasteiger partial charge in [0.15, 0.2) is 0 Å². The van der Waals surface area contributed by atoms with Crippen molar-refractivity contribution in [1.29, 1.82) is 0 Å². The van der Waals surface area contributed by atoms with Crippen LogP contribution in [-0.2, 0) is 4.79 Å². The molecule has 0 fully saturated rings. The molecule has 0 aliphatic carbocycles. The van der Waals surface area contributed by atoms with E-state index in [-0.39, 0.29) is 5.69 Å². The number of aliphatic carboxylic acids is 1. The van der Waals surface area contributed by atoms with Crippen molar-refractivity contribution in [3.05, 3.63) is 81.9 Å². The lowest BCUT2D eigenvalue weighted by Gasteiger charge is -2.07. The van der Waals surface area contributed by atoms with Gasteiger partial charge in [-0.25, -0.2) is 4.79 Å². The molecule has 2 aromatic rings. The monoisotopic (exact) mass is 269 g/mol. The van der Waals surface area contributed by atoms with Gasteiger partial charge in [-0.1, -0.05) is 42.5 Å². The molecule has 0 unspecified atom stereocenters. The summed E-state index contributed by atoms with van der Waals surface area (Å²) in [4.78, 5) is 21.3. The summed E-state index contributed by atoms with van der Waals surface area (Å²) in [5.74, 6) is -1.10. The second-order valence-electron chi connectivity index (χ2n) is 4.07. The first-order valence-corrected chi connectivity index (χ1v) is 5.83. The van der Waals surface area contributed by atoms with Crippen molar-refractivity contribution >= 4 is 17.2 Å². The van der Waals surface area contributed by atoms with E-state index in [4.69, 9.17) is 5.11 Å². The second-order valence-corrected chi connectivity index (χ2v) is 4.07. The van der Waals surface area contributed by atoms with E-state index >= 15 is 0 Å². The fraction of sp³-hybridized carbons (Fsp3) is 0. The van der Waals surface area contributed by atoms with Crippen LogP contribution in [0.4, 0.5) is 5.69 Å². The highest BCUT2D eigenvalue weighted by Gasteiger charge is 2.11. The number of carboxylic acids is 1. The van der Waals surface area contributed by atoms with Gasteiger partial charge in [0.05, 0.1) is 4.92 Å². The summed E-state index contributed by atoms with van der Waals surface area (Å²) in [6.07, 6.45) is 1.05. The van der Waals surface area contributed by atoms with Crippen LogP contribution in [0.15, 0.2) is 60.7 Å². The third kappa shape index (κ3) is 3.08. The first-order valence-electron chi connectivity index (χ1n) is 5.83. The summed E-state index contributed by atoms with van der Waals surface area (Å²) in [5, 5.41) is 19.8. The minimum absolute atomic E-state index is 0.0743. The Hall–Kier alpha value is -2.95. The van der Waals surface area contributed by atoms with Crippen LogP contribution in [0.2, 0.25) is 0 Å². The number of nitro benzene ring substituents is 1. The van der Waals surface area contributed by atoms with E-state index in [1.54, 1.807) is 30.3 Å². The maximum absolute atomic E-state index is 11.0. The standard InChI is InChI=1S/C15H11NO4/c17-15(18)10-14(11-5-2-1-3-6-11)12-7-4-8-13(9-12)16(19)20/h1-10H,(H,17,18)/b14-10-. The summed E-state index contributed by atoms with van der Waals surface area (Å²) < 4.78 is 0. The molecular formula is C15H11NO4. The Morgan fingerprint density at radius 2 is 1.70 bits per heavy atom. The predicted molar refractivity (Wildman–Crippen MR) is 74.3 cm³/mol. The first-order chi connectivity index (χ1) is 9.58. The zero-order valence-corrected chi connectivity index (χ0v) is 10.4.